The summed E-state index contributed by atoms with van der Waals surface area (Å²) in [4.78, 5) is 21.7. The molecule has 0 aliphatic heterocycles. The van der Waals surface area contributed by atoms with Crippen molar-refractivity contribution in [3.05, 3.63) is 0 Å². The van der Waals surface area contributed by atoms with E-state index in [2.05, 4.69) is 24.5 Å². The Kier molecular flexibility index (Phi) is 7.02. The van der Waals surface area contributed by atoms with Crippen LogP contribution in [0, 0.1) is 0 Å². The Morgan fingerprint density at radius 2 is 1.79 bits per heavy atom. The Labute approximate surface area is 85.4 Å². The van der Waals surface area contributed by atoms with Crippen molar-refractivity contribution in [2.45, 2.75) is 39.7 Å². The third-order valence-electron chi connectivity index (χ3n) is 1.70. The zero-order valence-electron chi connectivity index (χ0n) is 9.22. The molecule has 0 saturated carbocycles. The van der Waals surface area contributed by atoms with E-state index in [9.17, 15) is 9.59 Å². The normalized spacial score (nSPS) is 10.3. The molecule has 0 rings (SSSR count). The molecular formula is C10H20N2O2. The van der Waals surface area contributed by atoms with E-state index < -0.39 is 0 Å². The van der Waals surface area contributed by atoms with Gasteiger partial charge < -0.3 is 15.4 Å². The fourth-order valence-electron chi connectivity index (χ4n) is 0.941. The van der Waals surface area contributed by atoms with Crippen molar-refractivity contribution in [3.63, 3.8) is 0 Å². The summed E-state index contributed by atoms with van der Waals surface area (Å²) in [7, 11) is 0. The third kappa shape index (κ3) is 9.19. The second-order valence-electron chi connectivity index (χ2n) is 3.66. The average molecular weight is 200 g/mol. The quantitative estimate of drug-likeness (QED) is 0.587. The number of nitrogens with one attached hydrogen (secondary N) is 2. The van der Waals surface area contributed by atoms with Crippen molar-refractivity contribution >= 4 is 11.7 Å². The van der Waals surface area contributed by atoms with E-state index in [-0.39, 0.29) is 11.7 Å². The maximum atomic E-state index is 11.1. The number of hydrogen-bond acceptors (Lipinski definition) is 3. The van der Waals surface area contributed by atoms with Crippen molar-refractivity contribution < 1.29 is 9.59 Å². The first-order valence-corrected chi connectivity index (χ1v) is 5.02. The van der Waals surface area contributed by atoms with E-state index in [0.717, 1.165) is 6.54 Å². The van der Waals surface area contributed by atoms with Crippen LogP contribution in [0.1, 0.15) is 33.6 Å². The highest BCUT2D eigenvalue weighted by Gasteiger charge is 2.02. The van der Waals surface area contributed by atoms with E-state index in [0.29, 0.717) is 25.4 Å². The van der Waals surface area contributed by atoms with Crippen molar-refractivity contribution in [1.82, 2.24) is 10.6 Å². The van der Waals surface area contributed by atoms with Crippen LogP contribution in [0.3, 0.4) is 0 Å². The first-order chi connectivity index (χ1) is 6.52. The van der Waals surface area contributed by atoms with E-state index >= 15 is 0 Å². The van der Waals surface area contributed by atoms with Crippen LogP contribution in [-0.4, -0.2) is 30.8 Å². The molecule has 0 aromatic heterocycles. The number of hydrogen-bond donors (Lipinski definition) is 2. The number of rotatable bonds is 7. The van der Waals surface area contributed by atoms with Gasteiger partial charge in [-0.3, -0.25) is 4.79 Å². The molecule has 0 aromatic carbocycles. The minimum atomic E-state index is -0.0502. The zero-order chi connectivity index (χ0) is 11.0. The monoisotopic (exact) mass is 200 g/mol. The molecule has 0 unspecified atom stereocenters. The first-order valence-electron chi connectivity index (χ1n) is 5.02. The van der Waals surface area contributed by atoms with Gasteiger partial charge in [-0.2, -0.15) is 0 Å². The number of carbonyl (C=O) groups is 2. The van der Waals surface area contributed by atoms with Crippen LogP contribution >= 0.6 is 0 Å². The molecule has 4 heteroatoms. The van der Waals surface area contributed by atoms with Gasteiger partial charge in [-0.15, -0.1) is 0 Å². The average Bonchev–Trinajstić information content (AvgIpc) is 2.08. The van der Waals surface area contributed by atoms with Gasteiger partial charge in [0.25, 0.3) is 0 Å². The van der Waals surface area contributed by atoms with Crippen molar-refractivity contribution in [2.24, 2.45) is 0 Å². The van der Waals surface area contributed by atoms with Gasteiger partial charge in [0, 0.05) is 32.0 Å². The van der Waals surface area contributed by atoms with Crippen LogP contribution in [0.4, 0.5) is 0 Å². The highest BCUT2D eigenvalue weighted by molar-refractivity contribution is 5.83. The van der Waals surface area contributed by atoms with Crippen molar-refractivity contribution in [3.8, 4) is 0 Å². The Morgan fingerprint density at radius 3 is 2.29 bits per heavy atom. The van der Waals surface area contributed by atoms with Gasteiger partial charge in [-0.05, 0) is 6.92 Å². The summed E-state index contributed by atoms with van der Waals surface area (Å²) in [6, 6.07) is 0.434. The second-order valence-corrected chi connectivity index (χ2v) is 3.66. The van der Waals surface area contributed by atoms with E-state index in [1.165, 1.54) is 6.92 Å². The molecule has 0 aliphatic carbocycles. The van der Waals surface area contributed by atoms with Gasteiger partial charge in [0.2, 0.25) is 5.91 Å². The minimum absolute atomic E-state index is 0.0502. The number of carbonyl (C=O) groups excluding carboxylic acids is 2. The maximum Gasteiger partial charge on any atom is 0.220 e. The van der Waals surface area contributed by atoms with Crippen molar-refractivity contribution in [1.29, 1.82) is 0 Å². The Balaban J connectivity index is 3.31. The number of amides is 1. The molecule has 0 saturated heterocycles. The summed E-state index contributed by atoms with van der Waals surface area (Å²) in [5, 5.41) is 5.92. The van der Waals surface area contributed by atoms with Crippen LogP contribution in [0.5, 0.6) is 0 Å². The summed E-state index contributed by atoms with van der Waals surface area (Å²) < 4.78 is 0. The Bertz CT molecular complexity index is 191. The fourth-order valence-corrected chi connectivity index (χ4v) is 0.941. The minimum Gasteiger partial charge on any atom is -0.355 e. The van der Waals surface area contributed by atoms with Crippen LogP contribution in [0.25, 0.3) is 0 Å². The molecule has 0 aliphatic rings. The lowest BCUT2D eigenvalue weighted by atomic mass is 10.2. The van der Waals surface area contributed by atoms with Crippen LogP contribution < -0.4 is 10.6 Å². The summed E-state index contributed by atoms with van der Waals surface area (Å²) >= 11 is 0. The summed E-state index contributed by atoms with van der Waals surface area (Å²) in [5.74, 6) is 0.00575. The third-order valence-corrected chi connectivity index (χ3v) is 1.70. The van der Waals surface area contributed by atoms with Crippen LogP contribution in [0.2, 0.25) is 0 Å². The molecular weight excluding hydrogens is 180 g/mol. The SMILES string of the molecule is CC(=O)CCC(=O)NCCNC(C)C. The maximum absolute atomic E-state index is 11.1. The lowest BCUT2D eigenvalue weighted by Crippen LogP contribution is -2.34. The lowest BCUT2D eigenvalue weighted by molar-refractivity contribution is -0.124. The number of ketones is 1. The predicted octanol–water partition coefficient (Wildman–Crippen LogP) is 0.470. The van der Waals surface area contributed by atoms with Gasteiger partial charge in [-0.25, -0.2) is 0 Å². The van der Waals surface area contributed by atoms with Gasteiger partial charge in [0.1, 0.15) is 5.78 Å². The van der Waals surface area contributed by atoms with Gasteiger partial charge in [-0.1, -0.05) is 13.8 Å². The molecule has 2 N–H and O–H groups in total. The highest BCUT2D eigenvalue weighted by atomic mass is 16.2. The molecule has 0 fully saturated rings. The second kappa shape index (κ2) is 7.50. The molecule has 0 spiro atoms. The lowest BCUT2D eigenvalue weighted by Gasteiger charge is -2.08. The first kappa shape index (κ1) is 13.1. The molecule has 0 atom stereocenters. The zero-order valence-corrected chi connectivity index (χ0v) is 9.22. The van der Waals surface area contributed by atoms with E-state index in [1.807, 2.05) is 0 Å². The topological polar surface area (TPSA) is 58.2 Å². The molecule has 0 aromatic rings. The Morgan fingerprint density at radius 1 is 1.14 bits per heavy atom. The van der Waals surface area contributed by atoms with Crippen molar-refractivity contribution in [2.75, 3.05) is 13.1 Å². The summed E-state index contributed by atoms with van der Waals surface area (Å²) in [5.41, 5.74) is 0. The molecule has 0 bridgehead atoms. The van der Waals surface area contributed by atoms with Crippen LogP contribution in [0.15, 0.2) is 0 Å². The predicted molar refractivity (Wildman–Crippen MR) is 56.1 cm³/mol. The van der Waals surface area contributed by atoms with Gasteiger partial charge >= 0.3 is 0 Å². The molecule has 82 valence electrons. The summed E-state index contributed by atoms with van der Waals surface area (Å²) in [6.07, 6.45) is 0.639. The highest BCUT2D eigenvalue weighted by Crippen LogP contribution is 1.89. The molecule has 14 heavy (non-hydrogen) atoms. The fraction of sp³-hybridized carbons (Fsp3) is 0.800. The standard InChI is InChI=1S/C10H20N2O2/c1-8(2)11-6-7-12-10(14)5-4-9(3)13/h8,11H,4-7H2,1-3H3,(H,12,14). The largest absolute Gasteiger partial charge is 0.355 e. The van der Waals surface area contributed by atoms with Crippen LogP contribution in [-0.2, 0) is 9.59 Å². The van der Waals surface area contributed by atoms with Gasteiger partial charge in [0.15, 0.2) is 0 Å². The molecule has 0 heterocycles. The van der Waals surface area contributed by atoms with E-state index in [4.69, 9.17) is 0 Å². The molecule has 1 amide bonds. The van der Waals surface area contributed by atoms with Gasteiger partial charge in [0.05, 0.1) is 0 Å². The van der Waals surface area contributed by atoms with E-state index in [1.54, 1.807) is 0 Å². The Hall–Kier alpha value is -0.900. The smallest absolute Gasteiger partial charge is 0.220 e. The molecule has 4 nitrogen and oxygen atoms in total. The summed E-state index contributed by atoms with van der Waals surface area (Å²) in [6.45, 7) is 6.99. The number of Topliss-reactive ketones (excluding diaryl/α,β-unsaturated/α-hetero) is 1. The molecule has 0 radical (unpaired) electrons.